The minimum Gasteiger partial charge on any atom is -0.494 e. The lowest BCUT2D eigenvalue weighted by Crippen LogP contribution is -2.38. The molecule has 1 aliphatic rings. The number of anilines is 6. The molecule has 0 bridgehead atoms. The number of methoxy groups -OCH3 is 1. The number of piperidine rings is 1. The number of aromatic nitrogens is 2. The summed E-state index contributed by atoms with van der Waals surface area (Å²) in [4.78, 5) is 22.5. The fraction of sp³-hybridized carbons (Fsp3) is 0.346. The molecule has 0 radical (unpaired) electrons. The maximum absolute atomic E-state index is 12.9. The predicted molar refractivity (Wildman–Crippen MR) is 154 cm³/mol. The molecule has 0 unspecified atom stereocenters. The molecule has 0 atom stereocenters. The van der Waals surface area contributed by atoms with Gasteiger partial charge in [0.05, 0.1) is 28.6 Å². The minimum atomic E-state index is -3.58. The largest absolute Gasteiger partial charge is 0.494 e. The Labute approximate surface area is 232 Å². The number of nitrogens with one attached hydrogen (secondary N) is 2. The van der Waals surface area contributed by atoms with E-state index >= 15 is 0 Å². The first kappa shape index (κ1) is 28.2. The lowest BCUT2D eigenvalue weighted by atomic mass is 9.96. The van der Waals surface area contributed by atoms with Crippen molar-refractivity contribution in [3.05, 3.63) is 47.5 Å². The number of sulfone groups is 1. The van der Waals surface area contributed by atoms with Crippen LogP contribution in [-0.4, -0.2) is 49.7 Å². The van der Waals surface area contributed by atoms with Gasteiger partial charge in [-0.05, 0) is 51.0 Å². The van der Waals surface area contributed by atoms with E-state index in [-0.39, 0.29) is 39.3 Å². The molecule has 1 fully saturated rings. The molecule has 2 aromatic carbocycles. The molecule has 1 aliphatic heterocycles. The van der Waals surface area contributed by atoms with Gasteiger partial charge in [0.15, 0.2) is 15.7 Å². The molecule has 3 aromatic rings. The fourth-order valence-corrected chi connectivity index (χ4v) is 5.66. The van der Waals surface area contributed by atoms with Crippen LogP contribution < -0.4 is 31.7 Å². The third kappa shape index (κ3) is 6.12. The molecule has 6 N–H and O–H groups in total. The Hall–Kier alpha value is -3.77. The van der Waals surface area contributed by atoms with Gasteiger partial charge in [-0.15, -0.1) is 0 Å². The van der Waals surface area contributed by atoms with Crippen LogP contribution in [0.25, 0.3) is 0 Å². The molecule has 1 amide bonds. The number of para-hydroxylation sites is 1. The van der Waals surface area contributed by atoms with Gasteiger partial charge in [-0.1, -0.05) is 23.7 Å². The van der Waals surface area contributed by atoms with E-state index in [9.17, 15) is 13.2 Å². The number of primary amides is 1. The number of hydrogen-bond acceptors (Lipinski definition) is 10. The van der Waals surface area contributed by atoms with E-state index in [2.05, 4.69) is 25.5 Å². The van der Waals surface area contributed by atoms with Gasteiger partial charge in [-0.25, -0.2) is 8.42 Å². The molecular weight excluding hydrogens is 542 g/mol. The summed E-state index contributed by atoms with van der Waals surface area (Å²) in [6.07, 6.45) is 1.40. The van der Waals surface area contributed by atoms with E-state index in [1.807, 2.05) is 18.2 Å². The maximum Gasteiger partial charge on any atom is 0.231 e. The smallest absolute Gasteiger partial charge is 0.231 e. The number of halogens is 1. The van der Waals surface area contributed by atoms with Gasteiger partial charge in [-0.2, -0.15) is 9.97 Å². The second-order valence-corrected chi connectivity index (χ2v) is 12.3. The Morgan fingerprint density at radius 2 is 1.79 bits per heavy atom. The topological polar surface area (TPSA) is 166 Å². The molecule has 11 nitrogen and oxygen atoms in total. The van der Waals surface area contributed by atoms with Crippen LogP contribution in [0, 0.1) is 5.92 Å². The van der Waals surface area contributed by atoms with E-state index in [0.717, 1.165) is 5.69 Å². The maximum atomic E-state index is 12.9. The zero-order valence-corrected chi connectivity index (χ0v) is 23.5. The number of amides is 1. The van der Waals surface area contributed by atoms with E-state index in [1.54, 1.807) is 39.2 Å². The van der Waals surface area contributed by atoms with Crippen molar-refractivity contribution >= 4 is 62.0 Å². The summed E-state index contributed by atoms with van der Waals surface area (Å²) >= 11 is 6.39. The van der Waals surface area contributed by atoms with Crippen LogP contribution in [0.15, 0.2) is 47.4 Å². The van der Waals surface area contributed by atoms with Crippen molar-refractivity contribution in [1.29, 1.82) is 0 Å². The minimum absolute atomic E-state index is 0.00812. The van der Waals surface area contributed by atoms with Crippen LogP contribution >= 0.6 is 11.6 Å². The average Bonchev–Trinajstić information content (AvgIpc) is 2.91. The van der Waals surface area contributed by atoms with Crippen molar-refractivity contribution in [2.75, 3.05) is 41.5 Å². The molecule has 0 spiro atoms. The van der Waals surface area contributed by atoms with Crippen LogP contribution in [0.2, 0.25) is 5.02 Å². The fourth-order valence-electron chi connectivity index (χ4n) is 4.33. The quantitative estimate of drug-likeness (QED) is 0.293. The zero-order valence-electron chi connectivity index (χ0n) is 21.9. The van der Waals surface area contributed by atoms with Gasteiger partial charge in [0.2, 0.25) is 11.9 Å². The van der Waals surface area contributed by atoms with Crippen molar-refractivity contribution in [1.82, 2.24) is 9.97 Å². The highest BCUT2D eigenvalue weighted by Crippen LogP contribution is 2.36. The van der Waals surface area contributed by atoms with Gasteiger partial charge in [-0.3, -0.25) is 4.79 Å². The number of benzene rings is 2. The van der Waals surface area contributed by atoms with Crippen LogP contribution in [0.4, 0.5) is 34.6 Å². The number of nitrogen functional groups attached to an aromatic ring is 1. The highest BCUT2D eigenvalue weighted by molar-refractivity contribution is 7.92. The lowest BCUT2D eigenvalue weighted by Gasteiger charge is -2.32. The molecule has 1 saturated heterocycles. The van der Waals surface area contributed by atoms with E-state index < -0.39 is 15.1 Å². The molecular formula is C26H32ClN7O4S. The van der Waals surface area contributed by atoms with E-state index in [0.29, 0.717) is 43.1 Å². The second kappa shape index (κ2) is 11.5. The first-order valence-electron chi connectivity index (χ1n) is 12.4. The van der Waals surface area contributed by atoms with Gasteiger partial charge in [0.1, 0.15) is 16.6 Å². The van der Waals surface area contributed by atoms with Crippen molar-refractivity contribution in [3.8, 4) is 5.75 Å². The number of rotatable bonds is 9. The summed E-state index contributed by atoms with van der Waals surface area (Å²) in [5, 5.41) is 5.55. The van der Waals surface area contributed by atoms with E-state index in [1.165, 1.54) is 6.07 Å². The molecule has 13 heteroatoms. The van der Waals surface area contributed by atoms with Crippen LogP contribution in [0.1, 0.15) is 26.7 Å². The number of carbonyl (C=O) groups excluding carboxylic acids is 1. The monoisotopic (exact) mass is 573 g/mol. The molecule has 0 saturated carbocycles. The summed E-state index contributed by atoms with van der Waals surface area (Å²) in [5.74, 6) is 0.478. The van der Waals surface area contributed by atoms with Crippen molar-refractivity contribution in [2.45, 2.75) is 36.8 Å². The summed E-state index contributed by atoms with van der Waals surface area (Å²) in [6.45, 7) is 4.66. The molecule has 4 rings (SSSR count). The molecule has 208 valence electrons. The highest BCUT2D eigenvalue weighted by atomic mass is 35.5. The molecule has 0 aliphatic carbocycles. The van der Waals surface area contributed by atoms with Gasteiger partial charge >= 0.3 is 0 Å². The number of nitrogens with two attached hydrogens (primary N) is 2. The average molecular weight is 574 g/mol. The van der Waals surface area contributed by atoms with Crippen molar-refractivity contribution in [2.24, 2.45) is 11.7 Å². The van der Waals surface area contributed by atoms with E-state index in [4.69, 9.17) is 27.8 Å². The van der Waals surface area contributed by atoms with Gasteiger partial charge in [0.25, 0.3) is 0 Å². The first-order chi connectivity index (χ1) is 18.5. The molecule has 2 heterocycles. The summed E-state index contributed by atoms with van der Waals surface area (Å²) < 4.78 is 31.4. The van der Waals surface area contributed by atoms with Gasteiger partial charge < -0.3 is 31.7 Å². The highest BCUT2D eigenvalue weighted by Gasteiger charge is 2.25. The SMILES string of the molecule is COc1cc(N2CCC(C(N)=O)CC2)ccc1Nc1nc(N)c(Cl)c(Nc2ccccc2S(=O)(=O)C(C)C)n1. The number of hydrogen-bond donors (Lipinski definition) is 4. The number of nitrogens with zero attached hydrogens (tertiary/aromatic N) is 3. The van der Waals surface area contributed by atoms with Gasteiger partial charge in [0, 0.05) is 30.8 Å². The van der Waals surface area contributed by atoms with Crippen LogP contribution in [-0.2, 0) is 14.6 Å². The number of carbonyl (C=O) groups is 1. The predicted octanol–water partition coefficient (Wildman–Crippen LogP) is 4.09. The summed E-state index contributed by atoms with van der Waals surface area (Å²) in [5.41, 5.74) is 13.4. The molecule has 1 aromatic heterocycles. The lowest BCUT2D eigenvalue weighted by molar-refractivity contribution is -0.122. The number of ether oxygens (including phenoxy) is 1. The second-order valence-electron chi connectivity index (χ2n) is 9.48. The Bertz CT molecular complexity index is 1480. The Morgan fingerprint density at radius 3 is 2.44 bits per heavy atom. The van der Waals surface area contributed by atoms with Crippen LogP contribution in [0.5, 0.6) is 5.75 Å². The van der Waals surface area contributed by atoms with Crippen molar-refractivity contribution in [3.63, 3.8) is 0 Å². The normalized spacial score (nSPS) is 14.3. The Morgan fingerprint density at radius 1 is 1.10 bits per heavy atom. The summed E-state index contributed by atoms with van der Waals surface area (Å²) in [6, 6.07) is 12.2. The Kier molecular flexibility index (Phi) is 8.36. The first-order valence-corrected chi connectivity index (χ1v) is 14.4. The zero-order chi connectivity index (χ0) is 28.3. The van der Waals surface area contributed by atoms with Crippen LogP contribution in [0.3, 0.4) is 0 Å². The standard InChI is InChI=1S/C26H32ClN7O4S/c1-15(2)39(36,37)21-7-5-4-6-19(21)30-25-22(27)23(28)32-26(33-25)31-18-9-8-17(14-20(18)38-3)34-12-10-16(11-13-34)24(29)35/h4-9,14-16H,10-13H2,1-3H3,(H2,29,35)(H4,28,30,31,32,33). The summed E-state index contributed by atoms with van der Waals surface area (Å²) in [7, 11) is -2.02. The third-order valence-electron chi connectivity index (χ3n) is 6.64. The Balaban J connectivity index is 1.59. The third-order valence-corrected chi connectivity index (χ3v) is 9.22. The molecule has 39 heavy (non-hydrogen) atoms. The van der Waals surface area contributed by atoms with Crippen molar-refractivity contribution < 1.29 is 17.9 Å².